The van der Waals surface area contributed by atoms with Gasteiger partial charge in [-0.1, -0.05) is 24.3 Å². The number of benzene rings is 3. The number of amides is 1. The highest BCUT2D eigenvalue weighted by atomic mass is 32.1. The van der Waals surface area contributed by atoms with Crippen LogP contribution in [0.2, 0.25) is 0 Å². The van der Waals surface area contributed by atoms with E-state index >= 15 is 0 Å². The fraction of sp³-hybridized carbons (Fsp3) is 0.115. The average Bonchev–Trinajstić information content (AvgIpc) is 3.33. The maximum atomic E-state index is 14.8. The third-order valence-corrected chi connectivity index (χ3v) is 6.13. The first-order chi connectivity index (χ1) is 16.8. The molecule has 4 rings (SSSR count). The number of aromatic nitrogens is 1. The minimum Gasteiger partial charge on any atom is -0.480 e. The molecule has 4 aromatic rings. The second kappa shape index (κ2) is 10.4. The highest BCUT2D eigenvalue weighted by Crippen LogP contribution is 2.34. The molecule has 1 amide bonds. The van der Waals surface area contributed by atoms with Crippen molar-refractivity contribution in [3.05, 3.63) is 101 Å². The van der Waals surface area contributed by atoms with Gasteiger partial charge < -0.3 is 14.9 Å². The molecule has 0 aliphatic carbocycles. The average molecular weight is 494 g/mol. The first-order valence-electron chi connectivity index (χ1n) is 10.6. The van der Waals surface area contributed by atoms with Crippen molar-refractivity contribution in [1.82, 2.24) is 9.88 Å². The highest BCUT2D eigenvalue weighted by Gasteiger charge is 2.19. The molecule has 1 heterocycles. The zero-order valence-corrected chi connectivity index (χ0v) is 19.5. The van der Waals surface area contributed by atoms with E-state index in [1.165, 1.54) is 36.6 Å². The zero-order chi connectivity index (χ0) is 24.9. The predicted molar refractivity (Wildman–Crippen MR) is 131 cm³/mol. The first-order valence-corrected chi connectivity index (χ1v) is 11.5. The van der Waals surface area contributed by atoms with Crippen LogP contribution in [0.4, 0.5) is 19.6 Å². The molecule has 1 N–H and O–H groups in total. The number of hydrogen-bond donors (Lipinski definition) is 1. The molecule has 0 spiro atoms. The van der Waals surface area contributed by atoms with Crippen molar-refractivity contribution in [3.63, 3.8) is 0 Å². The monoisotopic (exact) mass is 493 g/mol. The van der Waals surface area contributed by atoms with E-state index in [0.29, 0.717) is 22.1 Å². The maximum Gasteiger partial charge on any atom is 0.323 e. The molecule has 0 radical (unpaired) electrons. The number of thiazole rings is 1. The standard InChI is InChI=1S/C26H21F2N3O3S/c1-30(15-24(32)33)25(34)19-8-6-17(7-9-19)14-31(23-5-3-2-4-21(23)28)26-29-22(16-35-26)18-10-12-20(27)13-11-18/h2-13,16H,14-15H2,1H3,(H,32,33). The number of para-hydroxylation sites is 1. The normalized spacial score (nSPS) is 10.7. The van der Waals surface area contributed by atoms with E-state index in [1.54, 1.807) is 59.5 Å². The van der Waals surface area contributed by atoms with E-state index in [4.69, 9.17) is 5.11 Å². The lowest BCUT2D eigenvalue weighted by molar-refractivity contribution is -0.137. The molecule has 0 unspecified atom stereocenters. The molecule has 0 aliphatic heterocycles. The minimum atomic E-state index is -1.10. The van der Waals surface area contributed by atoms with Crippen molar-refractivity contribution in [2.24, 2.45) is 0 Å². The van der Waals surface area contributed by atoms with Crippen molar-refractivity contribution in [2.75, 3.05) is 18.5 Å². The van der Waals surface area contributed by atoms with E-state index in [2.05, 4.69) is 4.98 Å². The number of anilines is 2. The molecule has 6 nitrogen and oxygen atoms in total. The van der Waals surface area contributed by atoms with Crippen LogP contribution in [-0.2, 0) is 11.3 Å². The van der Waals surface area contributed by atoms with Crippen LogP contribution in [0.3, 0.4) is 0 Å². The van der Waals surface area contributed by atoms with E-state index in [9.17, 15) is 18.4 Å². The smallest absolute Gasteiger partial charge is 0.323 e. The third-order valence-electron chi connectivity index (χ3n) is 5.27. The molecule has 35 heavy (non-hydrogen) atoms. The van der Waals surface area contributed by atoms with Gasteiger partial charge in [0.2, 0.25) is 0 Å². The molecule has 178 valence electrons. The van der Waals surface area contributed by atoms with Gasteiger partial charge in [0.15, 0.2) is 5.13 Å². The Hall–Kier alpha value is -4.11. The highest BCUT2D eigenvalue weighted by molar-refractivity contribution is 7.14. The summed E-state index contributed by atoms with van der Waals surface area (Å²) in [4.78, 5) is 30.8. The Kier molecular flexibility index (Phi) is 7.17. The van der Waals surface area contributed by atoms with Gasteiger partial charge in [-0.05, 0) is 54.1 Å². The van der Waals surface area contributed by atoms with Crippen molar-refractivity contribution < 1.29 is 23.5 Å². The van der Waals surface area contributed by atoms with Crippen LogP contribution in [-0.4, -0.2) is 40.5 Å². The Morgan fingerprint density at radius 3 is 2.31 bits per heavy atom. The zero-order valence-electron chi connectivity index (χ0n) is 18.7. The second-order valence-corrected chi connectivity index (χ2v) is 8.65. The number of aliphatic carboxylic acids is 1. The van der Waals surface area contributed by atoms with Crippen molar-refractivity contribution in [3.8, 4) is 11.3 Å². The topological polar surface area (TPSA) is 73.7 Å². The quantitative estimate of drug-likeness (QED) is 0.347. The van der Waals surface area contributed by atoms with Crippen LogP contribution >= 0.6 is 11.3 Å². The van der Waals surface area contributed by atoms with Gasteiger partial charge in [-0.25, -0.2) is 13.8 Å². The molecular formula is C26H21F2N3O3S. The van der Waals surface area contributed by atoms with Crippen LogP contribution < -0.4 is 4.90 Å². The summed E-state index contributed by atoms with van der Waals surface area (Å²) in [5, 5.41) is 11.3. The molecule has 0 aliphatic rings. The summed E-state index contributed by atoms with van der Waals surface area (Å²) in [7, 11) is 1.42. The molecule has 9 heteroatoms. The SMILES string of the molecule is CN(CC(=O)O)C(=O)c1ccc(CN(c2nc(-c3ccc(F)cc3)cs2)c2ccccc2F)cc1. The number of likely N-dealkylation sites (N-methyl/N-ethyl adjacent to an activating group) is 1. The lowest BCUT2D eigenvalue weighted by Crippen LogP contribution is -2.31. The number of nitrogens with zero attached hydrogens (tertiary/aromatic N) is 3. The molecule has 0 fully saturated rings. The summed E-state index contributed by atoms with van der Waals surface area (Å²) in [5.41, 5.74) is 2.88. The summed E-state index contributed by atoms with van der Waals surface area (Å²) < 4.78 is 28.1. The van der Waals surface area contributed by atoms with E-state index in [1.807, 2.05) is 5.38 Å². The third kappa shape index (κ3) is 5.70. The number of carboxylic acids is 1. The number of carboxylic acid groups (broad SMARTS) is 1. The molecule has 3 aromatic carbocycles. The van der Waals surface area contributed by atoms with Crippen molar-refractivity contribution in [2.45, 2.75) is 6.54 Å². The van der Waals surface area contributed by atoms with Gasteiger partial charge in [0.1, 0.15) is 18.2 Å². The minimum absolute atomic E-state index is 0.275. The molecule has 0 atom stereocenters. The van der Waals surface area contributed by atoms with Gasteiger partial charge >= 0.3 is 5.97 Å². The van der Waals surface area contributed by atoms with E-state index in [0.717, 1.165) is 16.0 Å². The van der Waals surface area contributed by atoms with E-state index < -0.39 is 24.2 Å². The number of carbonyl (C=O) groups excluding carboxylic acids is 1. The number of hydrogen-bond acceptors (Lipinski definition) is 5. The summed E-state index contributed by atoms with van der Waals surface area (Å²) in [6.45, 7) is -0.126. The fourth-order valence-corrected chi connectivity index (χ4v) is 4.35. The lowest BCUT2D eigenvalue weighted by atomic mass is 10.1. The van der Waals surface area contributed by atoms with Gasteiger partial charge in [-0.15, -0.1) is 11.3 Å². The Morgan fingerprint density at radius 2 is 1.66 bits per heavy atom. The van der Waals surface area contributed by atoms with Crippen LogP contribution in [0, 0.1) is 11.6 Å². The fourth-order valence-electron chi connectivity index (χ4n) is 3.50. The number of rotatable bonds is 8. The summed E-state index contributed by atoms with van der Waals surface area (Å²) in [6.07, 6.45) is 0. The van der Waals surface area contributed by atoms with Crippen LogP contribution in [0.5, 0.6) is 0 Å². The molecule has 0 saturated heterocycles. The molecule has 0 bridgehead atoms. The summed E-state index contributed by atoms with van der Waals surface area (Å²) >= 11 is 1.34. The second-order valence-electron chi connectivity index (χ2n) is 7.81. The molecule has 1 aromatic heterocycles. The van der Waals surface area contributed by atoms with Crippen LogP contribution in [0.25, 0.3) is 11.3 Å². The number of halogens is 2. The van der Waals surface area contributed by atoms with Crippen LogP contribution in [0.1, 0.15) is 15.9 Å². The molecular weight excluding hydrogens is 472 g/mol. The molecule has 0 saturated carbocycles. The van der Waals surface area contributed by atoms with E-state index in [-0.39, 0.29) is 12.4 Å². The van der Waals surface area contributed by atoms with Crippen molar-refractivity contribution in [1.29, 1.82) is 0 Å². The number of carbonyl (C=O) groups is 2. The van der Waals surface area contributed by atoms with Crippen LogP contribution in [0.15, 0.2) is 78.2 Å². The Labute approximate surface area is 204 Å². The first kappa shape index (κ1) is 24.0. The van der Waals surface area contributed by atoms with Gasteiger partial charge in [0.25, 0.3) is 5.91 Å². The van der Waals surface area contributed by atoms with Gasteiger partial charge in [-0.3, -0.25) is 9.59 Å². The lowest BCUT2D eigenvalue weighted by Gasteiger charge is -2.23. The van der Waals surface area contributed by atoms with Gasteiger partial charge in [0, 0.05) is 23.6 Å². The van der Waals surface area contributed by atoms with Gasteiger partial charge in [0.05, 0.1) is 17.9 Å². The predicted octanol–water partition coefficient (Wildman–Crippen LogP) is 5.58. The van der Waals surface area contributed by atoms with Crippen molar-refractivity contribution >= 4 is 34.0 Å². The Balaban J connectivity index is 1.62. The largest absolute Gasteiger partial charge is 0.480 e. The Bertz CT molecular complexity index is 1340. The van der Waals surface area contributed by atoms with Gasteiger partial charge in [-0.2, -0.15) is 0 Å². The summed E-state index contributed by atoms with van der Waals surface area (Å²) in [5.74, 6) is -2.25. The Morgan fingerprint density at radius 1 is 0.971 bits per heavy atom. The maximum absolute atomic E-state index is 14.8. The summed E-state index contributed by atoms with van der Waals surface area (Å²) in [6, 6.07) is 19.1.